The fourth-order valence-corrected chi connectivity index (χ4v) is 2.48. The lowest BCUT2D eigenvalue weighted by Gasteiger charge is -1.95. The highest BCUT2D eigenvalue weighted by Gasteiger charge is 2.01. The zero-order chi connectivity index (χ0) is 9.80. The van der Waals surface area contributed by atoms with Gasteiger partial charge in [-0.2, -0.15) is 5.26 Å². The molecule has 0 aliphatic heterocycles. The second-order valence-electron chi connectivity index (χ2n) is 2.37. The Morgan fingerprint density at radius 1 is 1.43 bits per heavy atom. The van der Waals surface area contributed by atoms with Crippen LogP contribution in [0.2, 0.25) is 0 Å². The molecule has 0 unspecified atom stereocenters. The van der Waals surface area contributed by atoms with Crippen LogP contribution < -0.4 is 0 Å². The maximum absolute atomic E-state index is 8.64. The topological polar surface area (TPSA) is 49.6 Å². The van der Waals surface area contributed by atoms with Crippen LogP contribution in [0.5, 0.6) is 0 Å². The Morgan fingerprint density at radius 2 is 2.36 bits per heavy atom. The molecule has 0 aliphatic rings. The lowest BCUT2D eigenvalue weighted by Crippen LogP contribution is -1.87. The molecule has 0 saturated heterocycles. The first-order chi connectivity index (χ1) is 6.88. The third-order valence-corrected chi connectivity index (χ3v) is 3.35. The third kappa shape index (κ3) is 2.10. The van der Waals surface area contributed by atoms with Gasteiger partial charge in [0.05, 0.1) is 4.21 Å². The maximum atomic E-state index is 8.64. The van der Waals surface area contributed by atoms with E-state index in [4.69, 9.17) is 5.26 Å². The van der Waals surface area contributed by atoms with Gasteiger partial charge in [0.15, 0.2) is 5.16 Å². The molecule has 2 aromatic heterocycles. The van der Waals surface area contributed by atoms with Crippen LogP contribution >= 0.6 is 23.1 Å². The predicted octanol–water partition coefficient (Wildman–Crippen LogP) is 2.56. The highest BCUT2D eigenvalue weighted by Crippen LogP contribution is 2.28. The van der Waals surface area contributed by atoms with Crippen LogP contribution in [0.1, 0.15) is 5.69 Å². The van der Waals surface area contributed by atoms with E-state index in [1.807, 2.05) is 23.6 Å². The van der Waals surface area contributed by atoms with Crippen molar-refractivity contribution in [3.05, 3.63) is 35.5 Å². The second-order valence-corrected chi connectivity index (χ2v) is 4.59. The van der Waals surface area contributed by atoms with Crippen molar-refractivity contribution in [3.8, 4) is 6.07 Å². The molecule has 2 rings (SSSR count). The number of hydrogen-bond donors (Lipinski definition) is 0. The molecule has 0 N–H and O–H groups in total. The van der Waals surface area contributed by atoms with E-state index < -0.39 is 0 Å². The van der Waals surface area contributed by atoms with Gasteiger partial charge in [-0.3, -0.25) is 0 Å². The molecule has 0 amide bonds. The number of aromatic nitrogens is 2. The van der Waals surface area contributed by atoms with Crippen molar-refractivity contribution in [2.45, 2.75) is 9.37 Å². The molecule has 2 heterocycles. The average molecular weight is 219 g/mol. The second kappa shape index (κ2) is 4.22. The van der Waals surface area contributed by atoms with Gasteiger partial charge in [-0.15, -0.1) is 11.3 Å². The van der Waals surface area contributed by atoms with Gasteiger partial charge in [0, 0.05) is 6.20 Å². The van der Waals surface area contributed by atoms with Gasteiger partial charge in [0.25, 0.3) is 0 Å². The van der Waals surface area contributed by atoms with Crippen molar-refractivity contribution in [3.63, 3.8) is 0 Å². The molecular weight excluding hydrogens is 214 g/mol. The Hall–Kier alpha value is -1.38. The summed E-state index contributed by atoms with van der Waals surface area (Å²) in [7, 11) is 0. The Kier molecular flexibility index (Phi) is 2.77. The van der Waals surface area contributed by atoms with Crippen molar-refractivity contribution in [1.29, 1.82) is 5.26 Å². The van der Waals surface area contributed by atoms with Crippen LogP contribution in [-0.2, 0) is 0 Å². The molecular formula is C9H5N3S2. The van der Waals surface area contributed by atoms with E-state index in [-0.39, 0.29) is 0 Å². The molecule has 0 bridgehead atoms. The lowest BCUT2D eigenvalue weighted by atomic mass is 10.5. The average Bonchev–Trinajstić information content (AvgIpc) is 2.71. The summed E-state index contributed by atoms with van der Waals surface area (Å²) in [6.07, 6.45) is 1.60. The van der Waals surface area contributed by atoms with Gasteiger partial charge in [-0.1, -0.05) is 6.07 Å². The van der Waals surface area contributed by atoms with Crippen molar-refractivity contribution in [2.24, 2.45) is 0 Å². The number of nitriles is 1. The lowest BCUT2D eigenvalue weighted by molar-refractivity contribution is 0.954. The molecule has 0 radical (unpaired) electrons. The third-order valence-electron chi connectivity index (χ3n) is 1.43. The van der Waals surface area contributed by atoms with Crippen molar-refractivity contribution < 1.29 is 0 Å². The van der Waals surface area contributed by atoms with Crippen molar-refractivity contribution in [1.82, 2.24) is 9.97 Å². The Morgan fingerprint density at radius 3 is 3.07 bits per heavy atom. The molecule has 0 aliphatic carbocycles. The first kappa shape index (κ1) is 9.19. The summed E-state index contributed by atoms with van der Waals surface area (Å²) in [5, 5.41) is 11.3. The summed E-state index contributed by atoms with van der Waals surface area (Å²) in [5.74, 6) is 0. The summed E-state index contributed by atoms with van der Waals surface area (Å²) >= 11 is 3.10. The molecule has 0 atom stereocenters. The minimum Gasteiger partial charge on any atom is -0.231 e. The van der Waals surface area contributed by atoms with Gasteiger partial charge in [-0.05, 0) is 29.3 Å². The molecule has 14 heavy (non-hydrogen) atoms. The first-order valence-electron chi connectivity index (χ1n) is 3.83. The number of thiophene rings is 1. The van der Waals surface area contributed by atoms with Crippen LogP contribution in [0, 0.1) is 11.3 Å². The highest BCUT2D eigenvalue weighted by molar-refractivity contribution is 8.01. The zero-order valence-electron chi connectivity index (χ0n) is 7.04. The number of hydrogen-bond acceptors (Lipinski definition) is 5. The van der Waals surface area contributed by atoms with Crippen LogP contribution in [0.3, 0.4) is 0 Å². The standard InChI is InChI=1S/C9H5N3S2/c10-6-7-3-4-11-9(12-7)14-8-2-1-5-13-8/h1-5H. The monoisotopic (exact) mass is 219 g/mol. The molecule has 0 fully saturated rings. The van der Waals surface area contributed by atoms with E-state index in [0.29, 0.717) is 10.9 Å². The van der Waals surface area contributed by atoms with Crippen LogP contribution in [0.4, 0.5) is 0 Å². The van der Waals surface area contributed by atoms with Gasteiger partial charge in [-0.25, -0.2) is 9.97 Å². The number of nitrogens with zero attached hydrogens (tertiary/aromatic N) is 3. The van der Waals surface area contributed by atoms with Crippen molar-refractivity contribution >= 4 is 23.1 Å². The quantitative estimate of drug-likeness (QED) is 0.728. The first-order valence-corrected chi connectivity index (χ1v) is 5.52. The van der Waals surface area contributed by atoms with E-state index in [9.17, 15) is 0 Å². The van der Waals surface area contributed by atoms with Crippen LogP contribution in [0.25, 0.3) is 0 Å². The van der Waals surface area contributed by atoms with Gasteiger partial charge < -0.3 is 0 Å². The summed E-state index contributed by atoms with van der Waals surface area (Å²) in [6.45, 7) is 0. The van der Waals surface area contributed by atoms with E-state index in [0.717, 1.165) is 4.21 Å². The maximum Gasteiger partial charge on any atom is 0.194 e. The smallest absolute Gasteiger partial charge is 0.194 e. The molecule has 0 aromatic carbocycles. The molecule has 0 saturated carbocycles. The normalized spacial score (nSPS) is 9.64. The molecule has 5 heteroatoms. The fraction of sp³-hybridized carbons (Fsp3) is 0. The van der Waals surface area contributed by atoms with Gasteiger partial charge in [0.2, 0.25) is 0 Å². The Labute approximate surface area is 89.4 Å². The van der Waals surface area contributed by atoms with E-state index in [1.54, 1.807) is 23.6 Å². The molecule has 2 aromatic rings. The van der Waals surface area contributed by atoms with Gasteiger partial charge >= 0.3 is 0 Å². The minimum absolute atomic E-state index is 0.402. The summed E-state index contributed by atoms with van der Waals surface area (Å²) < 4.78 is 1.13. The molecule has 68 valence electrons. The molecule has 0 spiro atoms. The fourth-order valence-electron chi connectivity index (χ4n) is 0.864. The zero-order valence-corrected chi connectivity index (χ0v) is 8.68. The van der Waals surface area contributed by atoms with Gasteiger partial charge in [0.1, 0.15) is 11.8 Å². The summed E-state index contributed by atoms with van der Waals surface area (Å²) in [4.78, 5) is 8.13. The van der Waals surface area contributed by atoms with Crippen LogP contribution in [0.15, 0.2) is 39.1 Å². The van der Waals surface area contributed by atoms with Crippen LogP contribution in [-0.4, -0.2) is 9.97 Å². The highest BCUT2D eigenvalue weighted by atomic mass is 32.2. The summed E-state index contributed by atoms with van der Waals surface area (Å²) in [6, 6.07) is 7.55. The Bertz CT molecular complexity index is 459. The predicted molar refractivity (Wildman–Crippen MR) is 55.2 cm³/mol. The Balaban J connectivity index is 2.22. The van der Waals surface area contributed by atoms with E-state index >= 15 is 0 Å². The number of rotatable bonds is 2. The van der Waals surface area contributed by atoms with Crippen molar-refractivity contribution in [2.75, 3.05) is 0 Å². The molecule has 3 nitrogen and oxygen atoms in total. The summed E-state index contributed by atoms with van der Waals surface area (Å²) in [5.41, 5.74) is 0.402. The van der Waals surface area contributed by atoms with E-state index in [2.05, 4.69) is 9.97 Å². The van der Waals surface area contributed by atoms with E-state index in [1.165, 1.54) is 11.8 Å². The SMILES string of the molecule is N#Cc1ccnc(Sc2cccs2)n1. The minimum atomic E-state index is 0.402. The largest absolute Gasteiger partial charge is 0.231 e.